The number of aliphatic hydroxyl groups excluding tert-OH is 1. The molecule has 1 aliphatic rings. The van der Waals surface area contributed by atoms with Gasteiger partial charge in [-0.05, 0) is 19.8 Å². The van der Waals surface area contributed by atoms with E-state index >= 15 is 0 Å². The van der Waals surface area contributed by atoms with E-state index in [-0.39, 0.29) is 38.5 Å². The maximum atomic E-state index is 12.3. The van der Waals surface area contributed by atoms with E-state index in [1.165, 1.54) is 0 Å². The van der Waals surface area contributed by atoms with E-state index in [4.69, 9.17) is 28.8 Å². The quantitative estimate of drug-likeness (QED) is 0.374. The molecule has 152 valence electrons. The van der Waals surface area contributed by atoms with Gasteiger partial charge in [-0.3, -0.25) is 9.59 Å². The zero-order valence-corrected chi connectivity index (χ0v) is 15.8. The minimum Gasteiger partial charge on any atom is -0.463 e. The van der Waals surface area contributed by atoms with E-state index in [0.717, 1.165) is 12.8 Å². The van der Waals surface area contributed by atoms with Crippen LogP contribution in [0.3, 0.4) is 0 Å². The second kappa shape index (κ2) is 13.9. The van der Waals surface area contributed by atoms with E-state index in [0.29, 0.717) is 32.7 Å². The summed E-state index contributed by atoms with van der Waals surface area (Å²) in [6.45, 7) is 3.48. The molecule has 3 atom stereocenters. The normalized spacial score (nSPS) is 21.2. The Morgan fingerprint density at radius 1 is 0.962 bits per heavy atom. The van der Waals surface area contributed by atoms with E-state index < -0.39 is 17.8 Å². The Labute approximate surface area is 155 Å². The smallest absolute Gasteiger partial charge is 0.309 e. The molecule has 1 saturated carbocycles. The molecule has 3 unspecified atom stereocenters. The summed E-state index contributed by atoms with van der Waals surface area (Å²) in [6.07, 6.45) is 2.92. The fraction of sp³-hybridized carbons (Fsp3) is 0.889. The molecule has 1 rings (SSSR count). The lowest BCUT2D eigenvalue weighted by Crippen LogP contribution is -2.35. The van der Waals surface area contributed by atoms with Gasteiger partial charge in [0.1, 0.15) is 13.2 Å². The van der Waals surface area contributed by atoms with Crippen molar-refractivity contribution >= 4 is 11.9 Å². The summed E-state index contributed by atoms with van der Waals surface area (Å²) in [5, 5.41) is 8.76. The molecule has 0 bridgehead atoms. The largest absolute Gasteiger partial charge is 0.463 e. The molecule has 26 heavy (non-hydrogen) atoms. The molecule has 0 radical (unpaired) electrons. The number of carbonyl (C=O) groups excluding carboxylic acids is 2. The molecule has 0 aromatic heterocycles. The van der Waals surface area contributed by atoms with Crippen molar-refractivity contribution in [2.75, 3.05) is 53.4 Å². The number of methoxy groups -OCH3 is 1. The number of rotatable bonds is 13. The summed E-state index contributed by atoms with van der Waals surface area (Å²) in [5.74, 6) is -1.79. The fourth-order valence-corrected chi connectivity index (χ4v) is 2.89. The maximum Gasteiger partial charge on any atom is 0.309 e. The van der Waals surface area contributed by atoms with Crippen LogP contribution in [0.2, 0.25) is 0 Å². The molecule has 1 fully saturated rings. The van der Waals surface area contributed by atoms with E-state index in [9.17, 15) is 9.59 Å². The average Bonchev–Trinajstić information content (AvgIpc) is 2.65. The van der Waals surface area contributed by atoms with Gasteiger partial charge < -0.3 is 28.8 Å². The number of hydrogen-bond acceptors (Lipinski definition) is 8. The SMILES string of the molecule is COCCOC(C)COCCOC(=O)C1CCCCC1C(=O)OCCO. The zero-order chi connectivity index (χ0) is 19.2. The summed E-state index contributed by atoms with van der Waals surface area (Å²) in [4.78, 5) is 24.3. The third-order valence-electron chi connectivity index (χ3n) is 4.22. The number of aliphatic hydroxyl groups is 1. The molecule has 0 heterocycles. The van der Waals surface area contributed by atoms with Crippen LogP contribution >= 0.6 is 0 Å². The van der Waals surface area contributed by atoms with Gasteiger partial charge in [0.05, 0.1) is 51.0 Å². The number of hydrogen-bond donors (Lipinski definition) is 1. The minimum atomic E-state index is -0.488. The first-order valence-electron chi connectivity index (χ1n) is 9.22. The van der Waals surface area contributed by atoms with Crippen molar-refractivity contribution in [3.8, 4) is 0 Å². The third-order valence-corrected chi connectivity index (χ3v) is 4.22. The van der Waals surface area contributed by atoms with Crippen molar-refractivity contribution in [1.82, 2.24) is 0 Å². The average molecular weight is 376 g/mol. The standard InChI is InChI=1S/C18H32O8/c1-14(24-11-9-22-2)13-23-10-12-26-18(21)16-6-4-3-5-15(16)17(20)25-8-7-19/h14-16,19H,3-13H2,1-2H3. The molecule has 0 aromatic carbocycles. The van der Waals surface area contributed by atoms with Crippen LogP contribution < -0.4 is 0 Å². The lowest BCUT2D eigenvalue weighted by Gasteiger charge is -2.28. The van der Waals surface area contributed by atoms with Crippen LogP contribution in [0.5, 0.6) is 0 Å². The van der Waals surface area contributed by atoms with Crippen LogP contribution in [0.4, 0.5) is 0 Å². The van der Waals surface area contributed by atoms with Gasteiger partial charge in [-0.15, -0.1) is 0 Å². The van der Waals surface area contributed by atoms with Crippen molar-refractivity contribution in [2.24, 2.45) is 11.8 Å². The minimum absolute atomic E-state index is 0.0461. The van der Waals surface area contributed by atoms with Crippen LogP contribution in [-0.4, -0.2) is 76.5 Å². The predicted molar refractivity (Wildman–Crippen MR) is 92.6 cm³/mol. The van der Waals surface area contributed by atoms with Crippen LogP contribution in [0.25, 0.3) is 0 Å². The molecule has 1 aliphatic carbocycles. The zero-order valence-electron chi connectivity index (χ0n) is 15.8. The summed E-state index contributed by atoms with van der Waals surface area (Å²) >= 11 is 0. The third kappa shape index (κ3) is 8.93. The van der Waals surface area contributed by atoms with Crippen molar-refractivity contribution in [2.45, 2.75) is 38.7 Å². The summed E-state index contributed by atoms with van der Waals surface area (Å²) in [7, 11) is 1.61. The Morgan fingerprint density at radius 3 is 2.15 bits per heavy atom. The van der Waals surface area contributed by atoms with Gasteiger partial charge in [0, 0.05) is 7.11 Å². The monoisotopic (exact) mass is 376 g/mol. The Hall–Kier alpha value is -1.22. The lowest BCUT2D eigenvalue weighted by molar-refractivity contribution is -0.164. The fourth-order valence-electron chi connectivity index (χ4n) is 2.89. The lowest BCUT2D eigenvalue weighted by atomic mass is 9.79. The highest BCUT2D eigenvalue weighted by Gasteiger charge is 2.37. The van der Waals surface area contributed by atoms with Gasteiger partial charge in [-0.1, -0.05) is 12.8 Å². The summed E-state index contributed by atoms with van der Waals surface area (Å²) < 4.78 is 26.0. The second-order valence-electron chi connectivity index (χ2n) is 6.31. The molecule has 0 spiro atoms. The molecular formula is C18H32O8. The van der Waals surface area contributed by atoms with Crippen LogP contribution in [-0.2, 0) is 33.3 Å². The van der Waals surface area contributed by atoms with Gasteiger partial charge in [0.25, 0.3) is 0 Å². The first-order chi connectivity index (χ1) is 12.6. The molecule has 0 saturated heterocycles. The molecule has 0 amide bonds. The topological polar surface area (TPSA) is 101 Å². The van der Waals surface area contributed by atoms with E-state index in [1.54, 1.807) is 7.11 Å². The van der Waals surface area contributed by atoms with Gasteiger partial charge in [-0.2, -0.15) is 0 Å². The van der Waals surface area contributed by atoms with E-state index in [1.807, 2.05) is 6.92 Å². The molecule has 8 nitrogen and oxygen atoms in total. The number of ether oxygens (including phenoxy) is 5. The predicted octanol–water partition coefficient (Wildman–Crippen LogP) is 0.940. The van der Waals surface area contributed by atoms with Gasteiger partial charge in [0.2, 0.25) is 0 Å². The Balaban J connectivity index is 2.24. The summed E-state index contributed by atoms with van der Waals surface area (Å²) in [5.41, 5.74) is 0. The second-order valence-corrected chi connectivity index (χ2v) is 6.31. The first kappa shape index (κ1) is 22.8. The molecular weight excluding hydrogens is 344 g/mol. The first-order valence-corrected chi connectivity index (χ1v) is 9.22. The molecule has 0 aromatic rings. The maximum absolute atomic E-state index is 12.3. The van der Waals surface area contributed by atoms with Crippen molar-refractivity contribution < 1.29 is 38.4 Å². The number of esters is 2. The Morgan fingerprint density at radius 2 is 1.58 bits per heavy atom. The molecule has 0 aliphatic heterocycles. The van der Waals surface area contributed by atoms with Crippen LogP contribution in [0, 0.1) is 11.8 Å². The van der Waals surface area contributed by atoms with Crippen molar-refractivity contribution in [3.05, 3.63) is 0 Å². The van der Waals surface area contributed by atoms with Crippen molar-refractivity contribution in [3.63, 3.8) is 0 Å². The Bertz CT molecular complexity index is 401. The van der Waals surface area contributed by atoms with Crippen LogP contribution in [0.15, 0.2) is 0 Å². The highest BCUT2D eigenvalue weighted by Crippen LogP contribution is 2.32. The molecule has 8 heteroatoms. The van der Waals surface area contributed by atoms with E-state index in [2.05, 4.69) is 0 Å². The van der Waals surface area contributed by atoms with Crippen LogP contribution in [0.1, 0.15) is 32.6 Å². The number of carbonyl (C=O) groups is 2. The Kier molecular flexibility index (Phi) is 12.2. The summed E-state index contributed by atoms with van der Waals surface area (Å²) in [6, 6.07) is 0. The molecule has 1 N–H and O–H groups in total. The van der Waals surface area contributed by atoms with Gasteiger partial charge in [0.15, 0.2) is 0 Å². The van der Waals surface area contributed by atoms with Crippen molar-refractivity contribution in [1.29, 1.82) is 0 Å². The van der Waals surface area contributed by atoms with Gasteiger partial charge in [-0.25, -0.2) is 0 Å². The van der Waals surface area contributed by atoms with Gasteiger partial charge >= 0.3 is 11.9 Å². The highest BCUT2D eigenvalue weighted by atomic mass is 16.6. The highest BCUT2D eigenvalue weighted by molar-refractivity contribution is 5.82.